The van der Waals surface area contributed by atoms with Crippen LogP contribution in [-0.4, -0.2) is 60.6 Å². The fraction of sp³-hybridized carbons (Fsp3) is 0.370. The van der Waals surface area contributed by atoms with Crippen molar-refractivity contribution >= 4 is 40.6 Å². The number of nitrogen functional groups attached to an aromatic ring is 1. The van der Waals surface area contributed by atoms with Gasteiger partial charge in [-0.05, 0) is 31.4 Å². The van der Waals surface area contributed by atoms with E-state index in [9.17, 15) is 22.8 Å². The number of amides is 2. The molecule has 2 saturated heterocycles. The van der Waals surface area contributed by atoms with Gasteiger partial charge in [-0.2, -0.15) is 18.3 Å². The summed E-state index contributed by atoms with van der Waals surface area (Å²) in [4.78, 5) is 36.2. The average Bonchev–Trinajstić information content (AvgIpc) is 3.65. The van der Waals surface area contributed by atoms with Gasteiger partial charge in [0.25, 0.3) is 5.91 Å². The molecule has 226 valence electrons. The third-order valence-corrected chi connectivity index (χ3v) is 8.20. The van der Waals surface area contributed by atoms with Gasteiger partial charge in [-0.3, -0.25) is 18.7 Å². The van der Waals surface area contributed by atoms with Crippen molar-refractivity contribution in [1.29, 1.82) is 0 Å². The number of piperidine rings is 1. The lowest BCUT2D eigenvalue weighted by atomic mass is 9.92. The van der Waals surface area contributed by atoms with E-state index in [1.807, 2.05) is 4.90 Å². The van der Waals surface area contributed by atoms with Gasteiger partial charge in [0.2, 0.25) is 5.91 Å². The topological polar surface area (TPSA) is 133 Å². The number of nitrogens with one attached hydrogen (secondary N) is 1. The molecule has 2 aliphatic heterocycles. The summed E-state index contributed by atoms with van der Waals surface area (Å²) >= 11 is 6.56. The van der Waals surface area contributed by atoms with E-state index < -0.39 is 23.6 Å². The van der Waals surface area contributed by atoms with Gasteiger partial charge in [0, 0.05) is 43.6 Å². The molecule has 11 nitrogen and oxygen atoms in total. The Hall–Kier alpha value is -4.40. The fourth-order valence-corrected chi connectivity index (χ4v) is 6.16. The Balaban J connectivity index is 1.40. The summed E-state index contributed by atoms with van der Waals surface area (Å²) in [5.74, 6) is -1.95. The van der Waals surface area contributed by atoms with Crippen LogP contribution in [-0.2, 0) is 18.0 Å². The van der Waals surface area contributed by atoms with E-state index in [0.717, 1.165) is 26.0 Å². The Kier molecular flexibility index (Phi) is 6.94. The first kappa shape index (κ1) is 28.7. The zero-order valence-corrected chi connectivity index (χ0v) is 23.6. The molecule has 2 atom stereocenters. The number of rotatable bonds is 5. The van der Waals surface area contributed by atoms with Gasteiger partial charge in [0.1, 0.15) is 45.3 Å². The maximum absolute atomic E-state index is 15.9. The van der Waals surface area contributed by atoms with Gasteiger partial charge in [-0.25, -0.2) is 14.4 Å². The Morgan fingerprint density at radius 3 is 2.67 bits per heavy atom. The van der Waals surface area contributed by atoms with Crippen molar-refractivity contribution < 1.29 is 31.9 Å². The maximum atomic E-state index is 15.9. The van der Waals surface area contributed by atoms with Crippen molar-refractivity contribution in [3.63, 3.8) is 0 Å². The normalized spacial score (nSPS) is 18.8. The molecule has 43 heavy (non-hydrogen) atoms. The van der Waals surface area contributed by atoms with Crippen molar-refractivity contribution in [2.45, 2.75) is 43.8 Å². The number of anilines is 2. The number of carbonyl (C=O) groups excluding carboxylic acids is 2. The molecule has 0 aliphatic carbocycles. The molecular weight excluding hydrogens is 596 g/mol. The molecule has 4 aromatic rings. The van der Waals surface area contributed by atoms with E-state index in [0.29, 0.717) is 36.0 Å². The van der Waals surface area contributed by atoms with Gasteiger partial charge in [0.05, 0.1) is 18.9 Å². The van der Waals surface area contributed by atoms with E-state index in [-0.39, 0.29) is 62.7 Å². The third kappa shape index (κ3) is 4.90. The molecule has 3 N–H and O–H groups in total. The molecule has 5 heterocycles. The van der Waals surface area contributed by atoms with Gasteiger partial charge in [-0.1, -0.05) is 11.6 Å². The van der Waals surface area contributed by atoms with Crippen LogP contribution in [0.4, 0.5) is 29.2 Å². The van der Waals surface area contributed by atoms with Crippen LogP contribution in [0.15, 0.2) is 24.4 Å². The number of ether oxygens (including phenoxy) is 1. The standard InChI is InChI=1S/C27H25ClF4N8O3/c1-38-17(27(30,31)32)9-19(37-38)35-26(42)13-7-15(29)21(16(8-13)43-2)22-23-24(33)34-10-18(28)40(23)25(36-22)12-3-4-14-5-6-20(41)39(14)11-12/h7-10,12,14H,3-6,11H2,1-2H3,(H2,33,34)(H,35,37,42)/t12-,14+/m1/s1. The molecule has 2 fully saturated rings. The average molecular weight is 621 g/mol. The molecule has 2 aliphatic rings. The van der Waals surface area contributed by atoms with Gasteiger partial charge in [0.15, 0.2) is 5.82 Å². The predicted molar refractivity (Wildman–Crippen MR) is 147 cm³/mol. The van der Waals surface area contributed by atoms with E-state index in [4.69, 9.17) is 27.1 Å². The second-order valence-corrected chi connectivity index (χ2v) is 10.9. The number of nitrogens with zero attached hydrogens (tertiary/aromatic N) is 6. The van der Waals surface area contributed by atoms with E-state index in [2.05, 4.69) is 15.4 Å². The quantitative estimate of drug-likeness (QED) is 0.310. The van der Waals surface area contributed by atoms with Crippen LogP contribution in [0.25, 0.3) is 16.8 Å². The largest absolute Gasteiger partial charge is 0.496 e. The minimum Gasteiger partial charge on any atom is -0.496 e. The highest BCUT2D eigenvalue weighted by molar-refractivity contribution is 6.30. The number of hydrogen-bond donors (Lipinski definition) is 2. The zero-order chi connectivity index (χ0) is 30.8. The molecule has 1 aromatic carbocycles. The number of imidazole rings is 1. The summed E-state index contributed by atoms with van der Waals surface area (Å²) in [6.45, 7) is 0.420. The van der Waals surface area contributed by atoms with E-state index in [1.54, 1.807) is 4.40 Å². The van der Waals surface area contributed by atoms with Crippen molar-refractivity contribution in [3.8, 4) is 17.0 Å². The predicted octanol–water partition coefficient (Wildman–Crippen LogP) is 4.65. The molecule has 6 rings (SSSR count). The summed E-state index contributed by atoms with van der Waals surface area (Å²) in [6.07, 6.45) is -0.530. The minimum atomic E-state index is -4.68. The van der Waals surface area contributed by atoms with E-state index in [1.165, 1.54) is 19.4 Å². The maximum Gasteiger partial charge on any atom is 0.433 e. The Bertz CT molecular complexity index is 1790. The lowest BCUT2D eigenvalue weighted by Crippen LogP contribution is -2.41. The van der Waals surface area contributed by atoms with Crippen molar-refractivity contribution in [2.75, 3.05) is 24.7 Å². The number of carbonyl (C=O) groups is 2. The number of benzene rings is 1. The smallest absolute Gasteiger partial charge is 0.433 e. The number of hydrogen-bond acceptors (Lipinski definition) is 7. The first-order valence-electron chi connectivity index (χ1n) is 13.3. The summed E-state index contributed by atoms with van der Waals surface area (Å²) in [6, 6.07) is 2.99. The number of halogens is 5. The number of alkyl halides is 3. The lowest BCUT2D eigenvalue weighted by Gasteiger charge is -2.34. The Morgan fingerprint density at radius 1 is 1.21 bits per heavy atom. The minimum absolute atomic E-state index is 0.0166. The van der Waals surface area contributed by atoms with Crippen LogP contribution in [0.5, 0.6) is 5.75 Å². The lowest BCUT2D eigenvalue weighted by molar-refractivity contribution is -0.143. The van der Waals surface area contributed by atoms with Crippen LogP contribution >= 0.6 is 11.6 Å². The van der Waals surface area contributed by atoms with Crippen molar-refractivity contribution in [2.24, 2.45) is 7.05 Å². The molecular formula is C27H25ClF4N8O3. The molecule has 16 heteroatoms. The Morgan fingerprint density at radius 2 is 1.98 bits per heavy atom. The van der Waals surface area contributed by atoms with Gasteiger partial charge < -0.3 is 20.7 Å². The van der Waals surface area contributed by atoms with Gasteiger partial charge >= 0.3 is 6.18 Å². The summed E-state index contributed by atoms with van der Waals surface area (Å²) in [5.41, 5.74) is 5.11. The van der Waals surface area contributed by atoms with Crippen LogP contribution in [0.2, 0.25) is 5.15 Å². The highest BCUT2D eigenvalue weighted by atomic mass is 35.5. The molecule has 0 saturated carbocycles. The third-order valence-electron chi connectivity index (χ3n) is 7.94. The Labute approximate surface area is 246 Å². The highest BCUT2D eigenvalue weighted by Crippen LogP contribution is 2.42. The summed E-state index contributed by atoms with van der Waals surface area (Å²) < 4.78 is 63.0. The number of aryl methyl sites for hydroxylation is 1. The van der Waals surface area contributed by atoms with Crippen molar-refractivity contribution in [3.05, 3.63) is 52.4 Å². The molecule has 2 amide bonds. The molecule has 0 radical (unpaired) electrons. The van der Waals surface area contributed by atoms with Crippen LogP contribution in [0, 0.1) is 5.82 Å². The van der Waals surface area contributed by atoms with E-state index >= 15 is 4.39 Å². The zero-order valence-electron chi connectivity index (χ0n) is 22.9. The second-order valence-electron chi connectivity index (χ2n) is 10.5. The summed E-state index contributed by atoms with van der Waals surface area (Å²) in [5, 5.41) is 6.10. The number of nitrogens with two attached hydrogens (primary N) is 1. The van der Waals surface area contributed by atoms with Crippen LogP contribution in [0.1, 0.15) is 53.5 Å². The molecule has 0 spiro atoms. The van der Waals surface area contributed by atoms with Crippen molar-refractivity contribution in [1.82, 2.24) is 29.0 Å². The molecule has 3 aromatic heterocycles. The fourth-order valence-electron chi connectivity index (χ4n) is 5.94. The first-order valence-corrected chi connectivity index (χ1v) is 13.7. The van der Waals surface area contributed by atoms with Gasteiger partial charge in [-0.15, -0.1) is 0 Å². The van der Waals surface area contributed by atoms with Crippen LogP contribution in [0.3, 0.4) is 0 Å². The molecule has 0 unspecified atom stereocenters. The van der Waals surface area contributed by atoms with Crippen LogP contribution < -0.4 is 15.8 Å². The monoisotopic (exact) mass is 620 g/mol. The second kappa shape index (κ2) is 10.4. The first-order chi connectivity index (χ1) is 20.4. The summed E-state index contributed by atoms with van der Waals surface area (Å²) in [7, 11) is 2.35. The number of methoxy groups -OCH3 is 1. The number of fused-ring (bicyclic) bond motifs is 2. The SMILES string of the molecule is COc1cc(C(=O)Nc2cc(C(F)(F)F)n(C)n2)cc(F)c1-c1nc([C@@H]2CC[C@H]3CCC(=O)N3C2)n2c(Cl)cnc(N)c12. The highest BCUT2D eigenvalue weighted by Gasteiger charge is 2.39. The number of aromatic nitrogens is 5. The molecule has 0 bridgehead atoms.